The number of carbonyl (C=O) groups excluding carboxylic acids is 1. The average Bonchev–Trinajstić information content (AvgIpc) is 2.68. The standard InChI is InChI=1S/C19H21F3N2O3.CH3NO/c20-19(21,22)27-17-7-3-5-14(12-17)4-1-2-6-16(13-23)24-10-8-15(9-11-24)18(25)26;2-1-3/h1-3,5-7,12-13,15,23H,4,8-11H2,(H,25,26);1H,(H2,2,3)/b2-1+,16-6+,23-13?;. The Morgan fingerprint density at radius 3 is 2.50 bits per heavy atom. The lowest BCUT2D eigenvalue weighted by molar-refractivity contribution is -0.274. The monoisotopic (exact) mass is 427 g/mol. The molecule has 0 spiro atoms. The number of hydrogen-bond donors (Lipinski definition) is 3. The van der Waals surface area contributed by atoms with E-state index in [0.29, 0.717) is 43.6 Å². The van der Waals surface area contributed by atoms with Crippen LogP contribution in [0.15, 0.2) is 48.2 Å². The van der Waals surface area contributed by atoms with Crippen LogP contribution in [0.4, 0.5) is 13.2 Å². The van der Waals surface area contributed by atoms with E-state index in [2.05, 4.69) is 10.5 Å². The summed E-state index contributed by atoms with van der Waals surface area (Å²) in [6, 6.07) is 5.77. The van der Waals surface area contributed by atoms with Gasteiger partial charge in [0.25, 0.3) is 0 Å². The molecule has 0 aliphatic carbocycles. The number of aliphatic carboxylic acids is 1. The Morgan fingerprint density at radius 2 is 1.97 bits per heavy atom. The summed E-state index contributed by atoms with van der Waals surface area (Å²) in [7, 11) is 0. The third kappa shape index (κ3) is 9.26. The summed E-state index contributed by atoms with van der Waals surface area (Å²) in [5.74, 6) is -1.38. The van der Waals surface area contributed by atoms with E-state index in [-0.39, 0.29) is 18.1 Å². The van der Waals surface area contributed by atoms with Crippen LogP contribution in [-0.4, -0.2) is 48.1 Å². The molecule has 1 fully saturated rings. The number of benzene rings is 1. The van der Waals surface area contributed by atoms with Gasteiger partial charge >= 0.3 is 12.3 Å². The molecule has 10 heteroatoms. The summed E-state index contributed by atoms with van der Waals surface area (Å²) in [6.45, 7) is 1.14. The highest BCUT2D eigenvalue weighted by molar-refractivity contribution is 5.75. The molecule has 2 rings (SSSR count). The van der Waals surface area contributed by atoms with Crippen molar-refractivity contribution < 1.29 is 32.6 Å². The van der Waals surface area contributed by atoms with Gasteiger partial charge in [-0.25, -0.2) is 0 Å². The Hall–Kier alpha value is -3.30. The van der Waals surface area contributed by atoms with Gasteiger partial charge in [-0.1, -0.05) is 24.3 Å². The van der Waals surface area contributed by atoms with E-state index in [1.807, 2.05) is 4.90 Å². The molecule has 1 aromatic rings. The number of carboxylic acids is 1. The highest BCUT2D eigenvalue weighted by Gasteiger charge is 2.31. The van der Waals surface area contributed by atoms with E-state index >= 15 is 0 Å². The lowest BCUT2D eigenvalue weighted by Crippen LogP contribution is -2.36. The summed E-state index contributed by atoms with van der Waals surface area (Å²) >= 11 is 0. The first-order chi connectivity index (χ1) is 14.2. The minimum absolute atomic E-state index is 0.250. The van der Waals surface area contributed by atoms with Crippen molar-refractivity contribution in [3.05, 3.63) is 53.8 Å². The van der Waals surface area contributed by atoms with Gasteiger partial charge in [-0.3, -0.25) is 9.59 Å². The number of piperidine rings is 1. The molecular formula is C20H24F3N3O4. The number of ether oxygens (including phenoxy) is 1. The molecule has 1 amide bonds. The predicted molar refractivity (Wildman–Crippen MR) is 105 cm³/mol. The summed E-state index contributed by atoms with van der Waals surface area (Å²) in [5.41, 5.74) is 5.50. The van der Waals surface area contributed by atoms with Crippen LogP contribution in [0.25, 0.3) is 0 Å². The van der Waals surface area contributed by atoms with Crippen molar-refractivity contribution in [1.82, 2.24) is 4.90 Å². The van der Waals surface area contributed by atoms with Crippen molar-refractivity contribution >= 4 is 18.6 Å². The Labute approximate surface area is 172 Å². The maximum Gasteiger partial charge on any atom is 0.573 e. The zero-order valence-electron chi connectivity index (χ0n) is 16.1. The van der Waals surface area contributed by atoms with E-state index < -0.39 is 12.3 Å². The largest absolute Gasteiger partial charge is 0.573 e. The summed E-state index contributed by atoms with van der Waals surface area (Å²) in [4.78, 5) is 21.5. The molecule has 30 heavy (non-hydrogen) atoms. The number of amides is 1. The maximum absolute atomic E-state index is 12.3. The van der Waals surface area contributed by atoms with Crippen LogP contribution in [0, 0.1) is 11.3 Å². The first-order valence-corrected chi connectivity index (χ1v) is 9.05. The number of nitrogens with two attached hydrogens (primary N) is 1. The fourth-order valence-corrected chi connectivity index (χ4v) is 2.87. The SMILES string of the molecule is N=C/C(=C\C=C\Cc1cccc(OC(F)(F)F)c1)N1CCC(C(=O)O)CC1.NC=O. The fraction of sp³-hybridized carbons (Fsp3) is 0.350. The predicted octanol–water partition coefficient (Wildman–Crippen LogP) is 3.12. The molecule has 0 radical (unpaired) electrons. The average molecular weight is 427 g/mol. The van der Waals surface area contributed by atoms with Gasteiger partial charge in [0.1, 0.15) is 5.75 Å². The minimum Gasteiger partial charge on any atom is -0.481 e. The second-order valence-electron chi connectivity index (χ2n) is 6.30. The zero-order valence-corrected chi connectivity index (χ0v) is 16.1. The first kappa shape index (κ1) is 24.7. The molecule has 0 saturated carbocycles. The molecule has 1 aliphatic rings. The number of hydrogen-bond acceptors (Lipinski definition) is 5. The number of alkyl halides is 3. The number of carbonyl (C=O) groups is 2. The molecule has 7 nitrogen and oxygen atoms in total. The quantitative estimate of drug-likeness (QED) is 0.351. The van der Waals surface area contributed by atoms with Crippen molar-refractivity contribution in [2.75, 3.05) is 13.1 Å². The van der Waals surface area contributed by atoms with Crippen molar-refractivity contribution in [3.8, 4) is 5.75 Å². The molecule has 164 valence electrons. The van der Waals surface area contributed by atoms with Crippen LogP contribution in [0.1, 0.15) is 18.4 Å². The van der Waals surface area contributed by atoms with Gasteiger partial charge in [-0.15, -0.1) is 13.2 Å². The first-order valence-electron chi connectivity index (χ1n) is 9.05. The number of likely N-dealkylation sites (tertiary alicyclic amines) is 1. The Balaban J connectivity index is 0.00000141. The summed E-state index contributed by atoms with van der Waals surface area (Å²) in [6.07, 6.45) is 3.49. The van der Waals surface area contributed by atoms with Gasteiger partial charge < -0.3 is 25.9 Å². The van der Waals surface area contributed by atoms with Crippen molar-refractivity contribution in [2.24, 2.45) is 11.7 Å². The van der Waals surface area contributed by atoms with Crippen LogP contribution < -0.4 is 10.5 Å². The molecule has 1 saturated heterocycles. The topological polar surface area (TPSA) is 117 Å². The van der Waals surface area contributed by atoms with Crippen molar-refractivity contribution in [1.29, 1.82) is 5.41 Å². The van der Waals surface area contributed by atoms with Crippen molar-refractivity contribution in [3.63, 3.8) is 0 Å². The molecule has 0 aromatic heterocycles. The zero-order chi connectivity index (χ0) is 22.6. The van der Waals surface area contributed by atoms with Crippen LogP contribution in [0.5, 0.6) is 5.75 Å². The molecule has 1 aliphatic heterocycles. The normalized spacial score (nSPS) is 15.3. The maximum atomic E-state index is 12.3. The second-order valence-corrected chi connectivity index (χ2v) is 6.30. The van der Waals surface area contributed by atoms with Crippen LogP contribution in [0.3, 0.4) is 0 Å². The van der Waals surface area contributed by atoms with Gasteiger partial charge in [0.05, 0.1) is 11.6 Å². The molecule has 4 N–H and O–H groups in total. The number of carboxylic acid groups (broad SMARTS) is 1. The molecular weight excluding hydrogens is 403 g/mol. The minimum atomic E-state index is -4.72. The van der Waals surface area contributed by atoms with Gasteiger partial charge in [-0.2, -0.15) is 0 Å². The Bertz CT molecular complexity index is 771. The smallest absolute Gasteiger partial charge is 0.481 e. The lowest BCUT2D eigenvalue weighted by Gasteiger charge is -2.32. The second kappa shape index (κ2) is 12.3. The number of allylic oxidation sites excluding steroid dienone is 4. The van der Waals surface area contributed by atoms with E-state index in [9.17, 15) is 18.0 Å². The summed E-state index contributed by atoms with van der Waals surface area (Å²) < 4.78 is 40.6. The van der Waals surface area contributed by atoms with Gasteiger partial charge in [0.2, 0.25) is 6.41 Å². The van der Waals surface area contributed by atoms with Crippen LogP contribution >= 0.6 is 0 Å². The number of nitrogens with zero attached hydrogens (tertiary/aromatic N) is 1. The van der Waals surface area contributed by atoms with E-state index in [1.165, 1.54) is 24.4 Å². The van der Waals surface area contributed by atoms with E-state index in [1.54, 1.807) is 24.3 Å². The highest BCUT2D eigenvalue weighted by atomic mass is 19.4. The number of rotatable bonds is 7. The molecule has 1 heterocycles. The van der Waals surface area contributed by atoms with E-state index in [4.69, 9.17) is 15.3 Å². The Kier molecular flexibility index (Phi) is 10.1. The molecule has 0 atom stereocenters. The van der Waals surface area contributed by atoms with Gasteiger partial charge in [0.15, 0.2) is 0 Å². The molecule has 0 bridgehead atoms. The molecule has 0 unspecified atom stereocenters. The van der Waals surface area contributed by atoms with Gasteiger partial charge in [-0.05, 0) is 43.0 Å². The third-order valence-electron chi connectivity index (χ3n) is 4.25. The Morgan fingerprint density at radius 1 is 1.33 bits per heavy atom. The van der Waals surface area contributed by atoms with E-state index in [0.717, 1.165) is 0 Å². The van der Waals surface area contributed by atoms with Gasteiger partial charge in [0, 0.05) is 19.3 Å². The third-order valence-corrected chi connectivity index (χ3v) is 4.25. The number of primary amides is 1. The highest BCUT2D eigenvalue weighted by Crippen LogP contribution is 2.23. The number of nitrogens with one attached hydrogen (secondary N) is 1. The van der Waals surface area contributed by atoms with Crippen LogP contribution in [0.2, 0.25) is 0 Å². The fourth-order valence-electron chi connectivity index (χ4n) is 2.87. The van der Waals surface area contributed by atoms with Crippen LogP contribution in [-0.2, 0) is 16.0 Å². The number of halogens is 3. The lowest BCUT2D eigenvalue weighted by atomic mass is 9.97. The van der Waals surface area contributed by atoms with Crippen molar-refractivity contribution in [2.45, 2.75) is 25.6 Å². The summed E-state index contributed by atoms with van der Waals surface area (Å²) in [5, 5.41) is 16.6. The molecule has 1 aromatic carbocycles.